The number of benzene rings is 1. The van der Waals surface area contributed by atoms with E-state index in [2.05, 4.69) is 20.6 Å². The lowest BCUT2D eigenvalue weighted by atomic mass is 10.1. The van der Waals surface area contributed by atoms with E-state index < -0.39 is 0 Å². The molecule has 1 aromatic carbocycles. The van der Waals surface area contributed by atoms with Crippen LogP contribution in [-0.2, 0) is 11.3 Å². The van der Waals surface area contributed by atoms with Gasteiger partial charge in [0.1, 0.15) is 6.61 Å². The molecule has 104 valence electrons. The molecular weight excluding hydrogens is 258 g/mol. The average Bonchev–Trinajstić information content (AvgIpc) is 3.16. The van der Waals surface area contributed by atoms with E-state index in [-0.39, 0.29) is 12.0 Å². The maximum Gasteiger partial charge on any atom is 0.410 e. The Morgan fingerprint density at radius 2 is 2.25 bits per heavy atom. The summed E-state index contributed by atoms with van der Waals surface area (Å²) in [6, 6.07) is 9.64. The molecule has 0 saturated carbocycles. The zero-order valence-electron chi connectivity index (χ0n) is 10.9. The van der Waals surface area contributed by atoms with E-state index in [1.165, 1.54) is 0 Å². The van der Waals surface area contributed by atoms with Crippen molar-refractivity contribution in [3.05, 3.63) is 41.7 Å². The average molecular weight is 273 g/mol. The van der Waals surface area contributed by atoms with Gasteiger partial charge in [-0.3, -0.25) is 0 Å². The van der Waals surface area contributed by atoms with Crippen LogP contribution in [0.3, 0.4) is 0 Å². The number of hydrogen-bond acceptors (Lipinski definition) is 5. The van der Waals surface area contributed by atoms with Gasteiger partial charge in [0.15, 0.2) is 5.82 Å². The maximum absolute atomic E-state index is 12.0. The van der Waals surface area contributed by atoms with Crippen molar-refractivity contribution in [3.63, 3.8) is 0 Å². The first-order chi connectivity index (χ1) is 9.83. The highest BCUT2D eigenvalue weighted by Gasteiger charge is 2.30. The largest absolute Gasteiger partial charge is 0.445 e. The van der Waals surface area contributed by atoms with Crippen molar-refractivity contribution in [1.82, 2.24) is 25.5 Å². The minimum atomic E-state index is -0.288. The second-order valence-electron chi connectivity index (χ2n) is 4.76. The molecule has 0 bridgehead atoms. The van der Waals surface area contributed by atoms with Gasteiger partial charge >= 0.3 is 6.09 Å². The summed E-state index contributed by atoms with van der Waals surface area (Å²) in [5, 5.41) is 13.7. The summed E-state index contributed by atoms with van der Waals surface area (Å²) in [5.74, 6) is 0.887. The van der Waals surface area contributed by atoms with Crippen LogP contribution in [0.1, 0.15) is 23.7 Å². The Balaban J connectivity index is 1.51. The van der Waals surface area contributed by atoms with Gasteiger partial charge in [-0.1, -0.05) is 30.3 Å². The molecule has 0 radical (unpaired) electrons. The summed E-state index contributed by atoms with van der Waals surface area (Å²) in [7, 11) is 0. The minimum Gasteiger partial charge on any atom is -0.445 e. The first kappa shape index (κ1) is 12.6. The van der Waals surface area contributed by atoms with Crippen LogP contribution < -0.4 is 0 Å². The van der Waals surface area contributed by atoms with Gasteiger partial charge in [0.25, 0.3) is 0 Å². The standard InChI is InChI=1S/C13H15N5O2/c19-13(20-9-10-4-2-1-3-5-10)18-7-6-11(8-18)12-14-16-17-15-12/h1-5,11H,6-9H2,(H,14,15,16,17). The van der Waals surface area contributed by atoms with Crippen LogP contribution in [0.4, 0.5) is 4.79 Å². The molecule has 1 fully saturated rings. The smallest absolute Gasteiger partial charge is 0.410 e. The van der Waals surface area contributed by atoms with E-state index in [0.29, 0.717) is 19.7 Å². The third-order valence-electron chi connectivity index (χ3n) is 3.40. The number of aromatic amines is 1. The number of nitrogens with one attached hydrogen (secondary N) is 1. The third-order valence-corrected chi connectivity index (χ3v) is 3.40. The topological polar surface area (TPSA) is 84.0 Å². The third kappa shape index (κ3) is 2.76. The normalized spacial score (nSPS) is 18.2. The summed E-state index contributed by atoms with van der Waals surface area (Å²) < 4.78 is 5.30. The lowest BCUT2D eigenvalue weighted by molar-refractivity contribution is 0.104. The fraction of sp³-hybridized carbons (Fsp3) is 0.385. The van der Waals surface area contributed by atoms with Crippen molar-refractivity contribution in [3.8, 4) is 0 Å². The van der Waals surface area contributed by atoms with E-state index in [4.69, 9.17) is 4.74 Å². The molecule has 2 aromatic rings. The summed E-state index contributed by atoms with van der Waals surface area (Å²) in [6.07, 6.45) is 0.556. The predicted octanol–water partition coefficient (Wildman–Crippen LogP) is 1.33. The molecule has 1 N–H and O–H groups in total. The van der Waals surface area contributed by atoms with Crippen LogP contribution in [-0.4, -0.2) is 44.7 Å². The minimum absolute atomic E-state index is 0.161. The molecule has 1 aliphatic rings. The van der Waals surface area contributed by atoms with Gasteiger partial charge in [-0.05, 0) is 22.4 Å². The molecule has 0 spiro atoms. The molecule has 1 amide bonds. The van der Waals surface area contributed by atoms with Gasteiger partial charge < -0.3 is 9.64 Å². The van der Waals surface area contributed by atoms with Crippen molar-refractivity contribution in [2.24, 2.45) is 0 Å². The highest BCUT2D eigenvalue weighted by Crippen LogP contribution is 2.24. The molecule has 3 rings (SSSR count). The number of tetrazole rings is 1. The van der Waals surface area contributed by atoms with E-state index >= 15 is 0 Å². The highest BCUT2D eigenvalue weighted by molar-refractivity contribution is 5.68. The summed E-state index contributed by atoms with van der Waals surface area (Å²) >= 11 is 0. The highest BCUT2D eigenvalue weighted by atomic mass is 16.6. The monoisotopic (exact) mass is 273 g/mol. The van der Waals surface area contributed by atoms with E-state index in [1.807, 2.05) is 30.3 Å². The van der Waals surface area contributed by atoms with Gasteiger partial charge in [-0.15, -0.1) is 5.10 Å². The van der Waals surface area contributed by atoms with Crippen molar-refractivity contribution in [2.75, 3.05) is 13.1 Å². The van der Waals surface area contributed by atoms with Crippen molar-refractivity contribution in [1.29, 1.82) is 0 Å². The quantitative estimate of drug-likeness (QED) is 0.912. The Bertz CT molecular complexity index is 557. The molecule has 1 aromatic heterocycles. The first-order valence-electron chi connectivity index (χ1n) is 6.52. The number of H-pyrrole nitrogens is 1. The Morgan fingerprint density at radius 3 is 3.00 bits per heavy atom. The van der Waals surface area contributed by atoms with Gasteiger partial charge in [0.2, 0.25) is 0 Å². The summed E-state index contributed by atoms with van der Waals surface area (Å²) in [6.45, 7) is 1.55. The summed E-state index contributed by atoms with van der Waals surface area (Å²) in [5.41, 5.74) is 0.982. The lowest BCUT2D eigenvalue weighted by Gasteiger charge is -2.15. The second-order valence-corrected chi connectivity index (χ2v) is 4.76. The van der Waals surface area contributed by atoms with Crippen LogP contribution in [0.25, 0.3) is 0 Å². The van der Waals surface area contributed by atoms with E-state index in [0.717, 1.165) is 17.8 Å². The lowest BCUT2D eigenvalue weighted by Crippen LogP contribution is -2.29. The molecule has 0 aliphatic carbocycles. The van der Waals surface area contributed by atoms with E-state index in [9.17, 15) is 4.79 Å². The molecule has 1 saturated heterocycles. The van der Waals surface area contributed by atoms with Crippen molar-refractivity contribution < 1.29 is 9.53 Å². The van der Waals surface area contributed by atoms with Crippen LogP contribution in [0.2, 0.25) is 0 Å². The summed E-state index contributed by atoms with van der Waals surface area (Å²) in [4.78, 5) is 13.7. The maximum atomic E-state index is 12.0. The van der Waals surface area contributed by atoms with Gasteiger partial charge in [0.05, 0.1) is 0 Å². The number of hydrogen-bond donors (Lipinski definition) is 1. The number of nitrogens with zero attached hydrogens (tertiary/aromatic N) is 4. The zero-order valence-corrected chi connectivity index (χ0v) is 10.9. The second kappa shape index (κ2) is 5.68. The Hall–Kier alpha value is -2.44. The Morgan fingerprint density at radius 1 is 1.40 bits per heavy atom. The van der Waals surface area contributed by atoms with Crippen molar-refractivity contribution in [2.45, 2.75) is 18.9 Å². The van der Waals surface area contributed by atoms with E-state index in [1.54, 1.807) is 4.90 Å². The number of aromatic nitrogens is 4. The molecule has 2 heterocycles. The van der Waals surface area contributed by atoms with Gasteiger partial charge in [-0.25, -0.2) is 9.89 Å². The first-order valence-corrected chi connectivity index (χ1v) is 6.52. The Labute approximate surface area is 115 Å². The van der Waals surface area contributed by atoms with Crippen LogP contribution in [0.5, 0.6) is 0 Å². The molecular formula is C13H15N5O2. The molecule has 1 unspecified atom stereocenters. The molecule has 20 heavy (non-hydrogen) atoms. The van der Waals surface area contributed by atoms with Gasteiger partial charge in [0, 0.05) is 19.0 Å². The van der Waals surface area contributed by atoms with Crippen molar-refractivity contribution >= 4 is 6.09 Å². The molecule has 7 heteroatoms. The number of amides is 1. The number of rotatable bonds is 3. The van der Waals surface area contributed by atoms with Crippen LogP contribution >= 0.6 is 0 Å². The Kier molecular flexibility index (Phi) is 3.58. The van der Waals surface area contributed by atoms with Gasteiger partial charge in [-0.2, -0.15) is 0 Å². The molecule has 7 nitrogen and oxygen atoms in total. The van der Waals surface area contributed by atoms with Crippen LogP contribution in [0, 0.1) is 0 Å². The number of likely N-dealkylation sites (tertiary alicyclic amines) is 1. The predicted molar refractivity (Wildman–Crippen MR) is 69.7 cm³/mol. The fourth-order valence-corrected chi connectivity index (χ4v) is 2.30. The number of carbonyl (C=O) groups is 1. The SMILES string of the molecule is O=C(OCc1ccccc1)N1CCC(c2nnn[nH]2)C1. The number of carbonyl (C=O) groups excluding carboxylic acids is 1. The number of ether oxygens (including phenoxy) is 1. The molecule has 1 atom stereocenters. The van der Waals surface area contributed by atoms with Crippen LogP contribution in [0.15, 0.2) is 30.3 Å². The zero-order chi connectivity index (χ0) is 13.8. The molecule has 1 aliphatic heterocycles. The fourth-order valence-electron chi connectivity index (χ4n) is 2.30.